The van der Waals surface area contributed by atoms with Crippen molar-refractivity contribution in [1.82, 2.24) is 20.8 Å². The monoisotopic (exact) mass is 370 g/mol. The molecule has 0 aliphatic rings. The number of likely N-dealkylation sites (N-methyl/N-ethyl adjacent to an activating group) is 1. The van der Waals surface area contributed by atoms with Crippen LogP contribution in [0, 0.1) is 11.7 Å². The predicted molar refractivity (Wildman–Crippen MR) is 95.2 cm³/mol. The normalized spacial score (nSPS) is 13.2. The molecule has 0 aliphatic heterocycles. The van der Waals surface area contributed by atoms with Crippen LogP contribution in [0.2, 0.25) is 0 Å². The predicted octanol–water partition coefficient (Wildman–Crippen LogP) is 2.91. The molecule has 0 radical (unpaired) electrons. The topological polar surface area (TPSA) is 80.0 Å². The molecule has 1 heterocycles. The van der Waals surface area contributed by atoms with Crippen LogP contribution in [0.4, 0.5) is 4.39 Å². The van der Waals surface area contributed by atoms with E-state index in [9.17, 15) is 9.18 Å². The van der Waals surface area contributed by atoms with E-state index in [0.29, 0.717) is 18.1 Å². The average Bonchev–Trinajstić information content (AvgIpc) is 3.00. The number of nitrogens with zero attached hydrogens (tertiary/aromatic N) is 2. The first-order valence-corrected chi connectivity index (χ1v) is 7.97. The summed E-state index contributed by atoms with van der Waals surface area (Å²) in [6.45, 7) is 5.86. The third-order valence-electron chi connectivity index (χ3n) is 3.80. The molecule has 6 nitrogen and oxygen atoms in total. The van der Waals surface area contributed by atoms with Gasteiger partial charge < -0.3 is 15.2 Å². The molecule has 8 heteroatoms. The maximum atomic E-state index is 13.8. The van der Waals surface area contributed by atoms with Crippen molar-refractivity contribution >= 4 is 18.3 Å². The third-order valence-corrected chi connectivity index (χ3v) is 3.80. The molecule has 2 N–H and O–H groups in total. The molecule has 2 unspecified atom stereocenters. The van der Waals surface area contributed by atoms with Crippen molar-refractivity contribution in [3.05, 3.63) is 47.4 Å². The zero-order chi connectivity index (χ0) is 17.7. The number of carbonyl (C=O) groups is 1. The summed E-state index contributed by atoms with van der Waals surface area (Å²) < 4.78 is 19.1. The number of halogens is 2. The largest absolute Gasteiger partial charge is 0.340 e. The Hall–Kier alpha value is -1.99. The van der Waals surface area contributed by atoms with Gasteiger partial charge in [-0.25, -0.2) is 4.39 Å². The van der Waals surface area contributed by atoms with Crippen LogP contribution in [0.25, 0.3) is 0 Å². The molecule has 1 amide bonds. The van der Waals surface area contributed by atoms with Crippen LogP contribution >= 0.6 is 12.4 Å². The number of benzene rings is 1. The van der Waals surface area contributed by atoms with Crippen LogP contribution in [0.3, 0.4) is 0 Å². The third kappa shape index (κ3) is 5.51. The lowest BCUT2D eigenvalue weighted by molar-refractivity contribution is 0.0910. The molecule has 0 spiro atoms. The van der Waals surface area contributed by atoms with Crippen LogP contribution in [0.15, 0.2) is 28.8 Å². The fourth-order valence-electron chi connectivity index (χ4n) is 2.23. The molecule has 2 aromatic rings. The van der Waals surface area contributed by atoms with Gasteiger partial charge in [-0.3, -0.25) is 4.79 Å². The second kappa shape index (κ2) is 9.48. The number of rotatable bonds is 7. The van der Waals surface area contributed by atoms with E-state index in [4.69, 9.17) is 4.52 Å². The van der Waals surface area contributed by atoms with E-state index in [1.54, 1.807) is 12.1 Å². The Morgan fingerprint density at radius 3 is 2.56 bits per heavy atom. The zero-order valence-corrected chi connectivity index (χ0v) is 15.6. The quantitative estimate of drug-likeness (QED) is 0.783. The van der Waals surface area contributed by atoms with Gasteiger partial charge in [0.05, 0.1) is 5.56 Å². The minimum atomic E-state index is -0.563. The average molecular weight is 371 g/mol. The maximum Gasteiger partial charge on any atom is 0.254 e. The van der Waals surface area contributed by atoms with Gasteiger partial charge in [-0.2, -0.15) is 4.98 Å². The van der Waals surface area contributed by atoms with Crippen molar-refractivity contribution in [3.63, 3.8) is 0 Å². The van der Waals surface area contributed by atoms with Crippen molar-refractivity contribution in [2.75, 3.05) is 7.05 Å². The summed E-state index contributed by atoms with van der Waals surface area (Å²) in [7, 11) is 1.86. The Balaban J connectivity index is 0.00000312. The Bertz CT molecular complexity index is 693. The fraction of sp³-hybridized carbons (Fsp3) is 0.471. The SMILES string of the molecule is CNC(C)Cc1noc(C(NC(=O)c2ccccc2F)C(C)C)n1.Cl. The summed E-state index contributed by atoms with van der Waals surface area (Å²) in [4.78, 5) is 16.7. The van der Waals surface area contributed by atoms with Crippen molar-refractivity contribution < 1.29 is 13.7 Å². The number of aromatic nitrogens is 2. The van der Waals surface area contributed by atoms with Gasteiger partial charge in [0.15, 0.2) is 5.82 Å². The van der Waals surface area contributed by atoms with Crippen molar-refractivity contribution in [2.24, 2.45) is 5.92 Å². The van der Waals surface area contributed by atoms with Crippen LogP contribution in [-0.4, -0.2) is 29.1 Å². The molecule has 0 fully saturated rings. The first-order valence-electron chi connectivity index (χ1n) is 7.97. The van der Waals surface area contributed by atoms with E-state index >= 15 is 0 Å². The molecule has 138 valence electrons. The van der Waals surface area contributed by atoms with Crippen molar-refractivity contribution in [3.8, 4) is 0 Å². The first kappa shape index (κ1) is 21.1. The van der Waals surface area contributed by atoms with Gasteiger partial charge in [-0.1, -0.05) is 31.1 Å². The molecular weight excluding hydrogens is 347 g/mol. The standard InChI is InChI=1S/C17H23FN4O2.ClH/c1-10(2)15(17-20-14(22-24-17)9-11(3)19-4)21-16(23)12-7-5-6-8-13(12)18;/h5-8,10-11,15,19H,9H2,1-4H3,(H,21,23);1H. The van der Waals surface area contributed by atoms with Gasteiger partial charge in [0, 0.05) is 12.5 Å². The molecule has 25 heavy (non-hydrogen) atoms. The first-order chi connectivity index (χ1) is 11.4. The molecule has 0 saturated carbocycles. The van der Waals surface area contributed by atoms with E-state index in [2.05, 4.69) is 20.8 Å². The Labute approximate surface area is 153 Å². The van der Waals surface area contributed by atoms with Crippen LogP contribution in [0.1, 0.15) is 48.9 Å². The van der Waals surface area contributed by atoms with E-state index in [1.807, 2.05) is 27.8 Å². The molecular formula is C17H24ClFN4O2. The lowest BCUT2D eigenvalue weighted by Gasteiger charge is -2.18. The Kier molecular flexibility index (Phi) is 7.99. The number of amides is 1. The van der Waals surface area contributed by atoms with Crippen LogP contribution in [0.5, 0.6) is 0 Å². The zero-order valence-electron chi connectivity index (χ0n) is 14.7. The molecule has 0 aliphatic carbocycles. The maximum absolute atomic E-state index is 13.8. The van der Waals surface area contributed by atoms with Gasteiger partial charge in [0.25, 0.3) is 5.91 Å². The Morgan fingerprint density at radius 1 is 1.28 bits per heavy atom. The molecule has 2 rings (SSSR count). The van der Waals surface area contributed by atoms with E-state index in [1.165, 1.54) is 12.1 Å². The van der Waals surface area contributed by atoms with E-state index in [-0.39, 0.29) is 29.9 Å². The summed E-state index contributed by atoms with van der Waals surface area (Å²) in [5.74, 6) is -0.164. The number of hydrogen-bond donors (Lipinski definition) is 2. The summed E-state index contributed by atoms with van der Waals surface area (Å²) in [6.07, 6.45) is 0.617. The highest BCUT2D eigenvalue weighted by Gasteiger charge is 2.26. The van der Waals surface area contributed by atoms with Gasteiger partial charge in [0.1, 0.15) is 11.9 Å². The number of carbonyl (C=O) groups excluding carboxylic acids is 1. The molecule has 1 aromatic heterocycles. The van der Waals surface area contributed by atoms with Gasteiger partial charge >= 0.3 is 0 Å². The smallest absolute Gasteiger partial charge is 0.254 e. The fourth-order valence-corrected chi connectivity index (χ4v) is 2.23. The minimum Gasteiger partial charge on any atom is -0.340 e. The van der Waals surface area contributed by atoms with E-state index in [0.717, 1.165) is 0 Å². The highest BCUT2D eigenvalue weighted by molar-refractivity contribution is 5.94. The second-order valence-electron chi connectivity index (χ2n) is 6.12. The highest BCUT2D eigenvalue weighted by Crippen LogP contribution is 2.21. The van der Waals surface area contributed by atoms with Gasteiger partial charge in [-0.05, 0) is 32.0 Å². The van der Waals surface area contributed by atoms with Gasteiger partial charge in [-0.15, -0.1) is 12.4 Å². The highest BCUT2D eigenvalue weighted by atomic mass is 35.5. The molecule has 1 aromatic carbocycles. The molecule has 2 atom stereocenters. The Morgan fingerprint density at radius 2 is 1.96 bits per heavy atom. The van der Waals surface area contributed by atoms with Crippen molar-refractivity contribution in [1.29, 1.82) is 0 Å². The lowest BCUT2D eigenvalue weighted by atomic mass is 10.0. The summed E-state index contributed by atoms with van der Waals surface area (Å²) in [5, 5.41) is 9.83. The summed E-state index contributed by atoms with van der Waals surface area (Å²) in [6, 6.07) is 5.58. The van der Waals surface area contributed by atoms with Gasteiger partial charge in [0.2, 0.25) is 5.89 Å². The molecule has 0 saturated heterocycles. The summed E-state index contributed by atoms with van der Waals surface area (Å²) in [5.41, 5.74) is -0.00769. The second-order valence-corrected chi connectivity index (χ2v) is 6.12. The van der Waals surface area contributed by atoms with Crippen LogP contribution < -0.4 is 10.6 Å². The van der Waals surface area contributed by atoms with E-state index < -0.39 is 17.8 Å². The van der Waals surface area contributed by atoms with Crippen LogP contribution in [-0.2, 0) is 6.42 Å². The van der Waals surface area contributed by atoms with Crippen molar-refractivity contribution in [2.45, 2.75) is 39.3 Å². The molecule has 0 bridgehead atoms. The number of hydrogen-bond acceptors (Lipinski definition) is 5. The minimum absolute atomic E-state index is 0. The lowest BCUT2D eigenvalue weighted by Crippen LogP contribution is -2.32. The number of nitrogens with one attached hydrogen (secondary N) is 2. The summed E-state index contributed by atoms with van der Waals surface area (Å²) >= 11 is 0.